The lowest BCUT2D eigenvalue weighted by atomic mass is 10.1. The van der Waals surface area contributed by atoms with Crippen molar-refractivity contribution >= 4 is 33.8 Å². The Kier molecular flexibility index (Phi) is 6.32. The summed E-state index contributed by atoms with van der Waals surface area (Å²) in [6, 6.07) is 22.8. The maximum absolute atomic E-state index is 5.97. The van der Waals surface area contributed by atoms with Crippen molar-refractivity contribution in [2.24, 2.45) is 0 Å². The van der Waals surface area contributed by atoms with Crippen LogP contribution < -0.4 is 0 Å². The largest absolute Gasteiger partial charge is 0.367 e. The monoisotopic (exact) mass is 430 g/mol. The van der Waals surface area contributed by atoms with Gasteiger partial charge in [-0.15, -0.1) is 11.3 Å². The standard InChI is InChI=1S/C15H11N.C11H12ClNS/c1-2-6-12(7-3-1)14-10-13-8-4-5-9-15(13)16-11-14;1-3-8(2)13-5-4-9-6-11(12)14-10(9)7-13/h1-11H;3,6H,1-2,4-5,7H2. The second-order valence-electron chi connectivity index (χ2n) is 7.15. The number of fused-ring (bicyclic) bond motifs is 2. The molecule has 5 rings (SSSR count). The van der Waals surface area contributed by atoms with E-state index in [-0.39, 0.29) is 0 Å². The normalized spacial score (nSPS) is 12.6. The summed E-state index contributed by atoms with van der Waals surface area (Å²) in [6.07, 6.45) is 4.79. The smallest absolute Gasteiger partial charge is 0.0934 e. The van der Waals surface area contributed by atoms with Crippen LogP contribution in [0.2, 0.25) is 4.34 Å². The third-order valence-corrected chi connectivity index (χ3v) is 6.48. The van der Waals surface area contributed by atoms with Gasteiger partial charge < -0.3 is 4.90 Å². The summed E-state index contributed by atoms with van der Waals surface area (Å²) < 4.78 is 0.890. The van der Waals surface area contributed by atoms with Crippen molar-refractivity contribution < 1.29 is 0 Å². The third kappa shape index (κ3) is 4.64. The molecule has 4 aromatic rings. The molecule has 2 aromatic carbocycles. The van der Waals surface area contributed by atoms with Crippen molar-refractivity contribution in [3.8, 4) is 11.1 Å². The highest BCUT2D eigenvalue weighted by atomic mass is 35.5. The summed E-state index contributed by atoms with van der Waals surface area (Å²) in [5.41, 5.74) is 5.82. The summed E-state index contributed by atoms with van der Waals surface area (Å²) in [5.74, 6) is 0. The average molecular weight is 431 g/mol. The molecule has 0 fully saturated rings. The number of halogens is 1. The predicted molar refractivity (Wildman–Crippen MR) is 130 cm³/mol. The van der Waals surface area contributed by atoms with Crippen molar-refractivity contribution in [2.75, 3.05) is 6.54 Å². The fraction of sp³-hybridized carbons (Fsp3) is 0.115. The first kappa shape index (κ1) is 20.4. The number of hydrogen-bond donors (Lipinski definition) is 0. The van der Waals surface area contributed by atoms with E-state index >= 15 is 0 Å². The maximum Gasteiger partial charge on any atom is 0.0934 e. The Morgan fingerprint density at radius 1 is 1.03 bits per heavy atom. The van der Waals surface area contributed by atoms with E-state index in [1.165, 1.54) is 27.0 Å². The van der Waals surface area contributed by atoms with Gasteiger partial charge in [-0.1, -0.05) is 73.3 Å². The molecule has 1 aliphatic rings. The van der Waals surface area contributed by atoms with E-state index in [0.717, 1.165) is 35.1 Å². The fourth-order valence-corrected chi connectivity index (χ4v) is 4.88. The molecule has 0 N–H and O–H groups in total. The molecule has 150 valence electrons. The summed E-state index contributed by atoms with van der Waals surface area (Å²) in [5, 5.41) is 1.18. The molecular formula is C26H23ClN2S. The van der Waals surface area contributed by atoms with E-state index in [9.17, 15) is 0 Å². The molecule has 2 nitrogen and oxygen atoms in total. The first-order valence-corrected chi connectivity index (χ1v) is 11.1. The molecule has 4 heteroatoms. The van der Waals surface area contributed by atoms with Crippen LogP contribution in [0.4, 0.5) is 0 Å². The number of aromatic nitrogens is 1. The van der Waals surface area contributed by atoms with Gasteiger partial charge >= 0.3 is 0 Å². The quantitative estimate of drug-likeness (QED) is 0.315. The van der Waals surface area contributed by atoms with Crippen LogP contribution in [0.1, 0.15) is 10.4 Å². The van der Waals surface area contributed by atoms with Crippen LogP contribution in [0.25, 0.3) is 22.0 Å². The van der Waals surface area contributed by atoms with E-state index in [2.05, 4.69) is 53.4 Å². The molecule has 0 saturated carbocycles. The maximum atomic E-state index is 5.97. The number of benzene rings is 2. The minimum atomic E-state index is 0.890. The molecule has 0 atom stereocenters. The van der Waals surface area contributed by atoms with Crippen LogP contribution in [-0.2, 0) is 13.0 Å². The summed E-state index contributed by atoms with van der Waals surface area (Å²) >= 11 is 7.64. The number of hydrogen-bond acceptors (Lipinski definition) is 3. The molecule has 0 saturated heterocycles. The molecule has 0 radical (unpaired) electrons. The zero-order chi connectivity index (χ0) is 20.9. The molecule has 0 amide bonds. The van der Waals surface area contributed by atoms with Crippen molar-refractivity contribution in [1.29, 1.82) is 0 Å². The van der Waals surface area contributed by atoms with Gasteiger partial charge in [0.1, 0.15) is 0 Å². The average Bonchev–Trinajstić information content (AvgIpc) is 3.18. The van der Waals surface area contributed by atoms with Gasteiger partial charge in [0.05, 0.1) is 16.4 Å². The summed E-state index contributed by atoms with van der Waals surface area (Å²) in [7, 11) is 0. The number of thiophene rings is 1. The third-order valence-electron chi connectivity index (χ3n) is 5.19. The highest BCUT2D eigenvalue weighted by Crippen LogP contribution is 2.32. The van der Waals surface area contributed by atoms with Gasteiger partial charge in [-0.25, -0.2) is 0 Å². The number of nitrogens with zero attached hydrogens (tertiary/aromatic N) is 2. The minimum Gasteiger partial charge on any atom is -0.367 e. The van der Waals surface area contributed by atoms with Gasteiger partial charge in [0.15, 0.2) is 0 Å². The van der Waals surface area contributed by atoms with Crippen molar-refractivity contribution in [2.45, 2.75) is 13.0 Å². The fourth-order valence-electron chi connectivity index (χ4n) is 3.52. The molecule has 0 spiro atoms. The van der Waals surface area contributed by atoms with Gasteiger partial charge in [-0.3, -0.25) is 4.98 Å². The molecule has 2 aromatic heterocycles. The van der Waals surface area contributed by atoms with Gasteiger partial charge in [-0.2, -0.15) is 0 Å². The van der Waals surface area contributed by atoms with Gasteiger partial charge in [0.2, 0.25) is 0 Å². The van der Waals surface area contributed by atoms with Gasteiger partial charge in [-0.05, 0) is 41.8 Å². The first-order valence-electron chi connectivity index (χ1n) is 9.87. The summed E-state index contributed by atoms with van der Waals surface area (Å²) in [6.45, 7) is 9.64. The molecular weight excluding hydrogens is 408 g/mol. The second kappa shape index (κ2) is 9.29. The van der Waals surface area contributed by atoms with Crippen LogP contribution in [0.3, 0.4) is 0 Å². The Morgan fingerprint density at radius 2 is 1.80 bits per heavy atom. The molecule has 0 unspecified atom stereocenters. The lowest BCUT2D eigenvalue weighted by Crippen LogP contribution is -2.27. The SMILES string of the molecule is C=CC(=C)N1CCc2cc(Cl)sc2C1.c1ccc(-c2cnc3ccccc3c2)cc1. The van der Waals surface area contributed by atoms with Crippen molar-refractivity contribution in [3.05, 3.63) is 113 Å². The van der Waals surface area contributed by atoms with Crippen LogP contribution in [0.15, 0.2) is 97.9 Å². The lowest BCUT2D eigenvalue weighted by Gasteiger charge is -2.28. The van der Waals surface area contributed by atoms with E-state index in [1.807, 2.05) is 42.6 Å². The van der Waals surface area contributed by atoms with E-state index in [0.29, 0.717) is 0 Å². The van der Waals surface area contributed by atoms with Gasteiger partial charge in [0, 0.05) is 34.3 Å². The second-order valence-corrected chi connectivity index (χ2v) is 8.92. The highest BCUT2D eigenvalue weighted by Gasteiger charge is 2.18. The van der Waals surface area contributed by atoms with Crippen LogP contribution in [-0.4, -0.2) is 16.4 Å². The van der Waals surface area contributed by atoms with Gasteiger partial charge in [0.25, 0.3) is 0 Å². The Bertz CT molecular complexity index is 1180. The molecule has 0 bridgehead atoms. The van der Waals surface area contributed by atoms with Crippen LogP contribution in [0, 0.1) is 0 Å². The van der Waals surface area contributed by atoms with E-state index in [4.69, 9.17) is 11.6 Å². The lowest BCUT2D eigenvalue weighted by molar-refractivity contribution is 0.338. The Morgan fingerprint density at radius 3 is 2.60 bits per heavy atom. The topological polar surface area (TPSA) is 16.1 Å². The van der Waals surface area contributed by atoms with Crippen molar-refractivity contribution in [3.63, 3.8) is 0 Å². The number of allylic oxidation sites excluding steroid dienone is 1. The zero-order valence-corrected chi connectivity index (χ0v) is 18.3. The zero-order valence-electron chi connectivity index (χ0n) is 16.7. The van der Waals surface area contributed by atoms with Crippen LogP contribution in [0.5, 0.6) is 0 Å². The number of rotatable bonds is 3. The van der Waals surface area contributed by atoms with E-state index in [1.54, 1.807) is 17.4 Å². The Hall–Kier alpha value is -2.88. The Labute approximate surface area is 186 Å². The molecule has 0 aliphatic carbocycles. The van der Waals surface area contributed by atoms with Crippen LogP contribution >= 0.6 is 22.9 Å². The molecule has 1 aliphatic heterocycles. The van der Waals surface area contributed by atoms with E-state index < -0.39 is 0 Å². The van der Waals surface area contributed by atoms with Crippen molar-refractivity contribution in [1.82, 2.24) is 9.88 Å². The predicted octanol–water partition coefficient (Wildman–Crippen LogP) is 7.36. The number of pyridine rings is 1. The Balaban J connectivity index is 0.000000147. The number of para-hydroxylation sites is 1. The summed E-state index contributed by atoms with van der Waals surface area (Å²) in [4.78, 5) is 8.06. The molecule has 30 heavy (non-hydrogen) atoms. The highest BCUT2D eigenvalue weighted by molar-refractivity contribution is 7.16. The first-order chi connectivity index (χ1) is 14.6. The molecule has 3 heterocycles. The minimum absolute atomic E-state index is 0.890.